The van der Waals surface area contributed by atoms with Crippen molar-refractivity contribution in [3.05, 3.63) is 41.3 Å². The normalized spacial score (nSPS) is 25.1. The average Bonchev–Trinajstić information content (AvgIpc) is 3.31. The zero-order valence-electron chi connectivity index (χ0n) is 13.9. The molecule has 0 aliphatic carbocycles. The van der Waals surface area contributed by atoms with E-state index in [1.807, 2.05) is 0 Å². The smallest absolute Gasteiger partial charge is 0.264 e. The molecule has 0 spiro atoms. The van der Waals surface area contributed by atoms with E-state index in [4.69, 9.17) is 14.0 Å². The largest absolute Gasteiger partial charge is 0.477 e. The second kappa shape index (κ2) is 6.11. The Morgan fingerprint density at radius 2 is 2.28 bits per heavy atom. The van der Waals surface area contributed by atoms with Gasteiger partial charge in [0.1, 0.15) is 6.04 Å². The molecule has 1 aromatic carbocycles. The van der Waals surface area contributed by atoms with E-state index in [1.165, 1.54) is 6.07 Å². The van der Waals surface area contributed by atoms with Crippen molar-refractivity contribution in [2.45, 2.75) is 38.0 Å². The zero-order valence-corrected chi connectivity index (χ0v) is 13.9. The molecule has 132 valence electrons. The van der Waals surface area contributed by atoms with Crippen molar-refractivity contribution >= 4 is 5.91 Å². The summed E-state index contributed by atoms with van der Waals surface area (Å²) in [6.45, 7) is 2.13. The number of amides is 1. The summed E-state index contributed by atoms with van der Waals surface area (Å²) in [5.41, 5.74) is 0.700. The van der Waals surface area contributed by atoms with Gasteiger partial charge in [0, 0.05) is 32.1 Å². The lowest BCUT2D eigenvalue weighted by Crippen LogP contribution is -2.41. The summed E-state index contributed by atoms with van der Waals surface area (Å²) in [6.07, 6.45) is 0.0313. The molecule has 1 fully saturated rings. The number of hydrogen-bond acceptors (Lipinski definition) is 6. The van der Waals surface area contributed by atoms with Crippen molar-refractivity contribution in [1.82, 2.24) is 15.0 Å². The first-order valence-electron chi connectivity index (χ1n) is 8.14. The maximum absolute atomic E-state index is 13.9. The number of carbonyl (C=O) groups excluding carboxylic acids is 1. The highest BCUT2D eigenvalue weighted by Gasteiger charge is 2.44. The number of likely N-dealkylation sites (tertiary alicyclic amines) is 1. The highest BCUT2D eigenvalue weighted by molar-refractivity contribution is 5.83. The fourth-order valence-corrected chi connectivity index (χ4v) is 3.45. The van der Waals surface area contributed by atoms with Crippen LogP contribution in [0.15, 0.2) is 22.7 Å². The molecule has 8 heteroatoms. The van der Waals surface area contributed by atoms with Crippen LogP contribution in [0.4, 0.5) is 4.39 Å². The van der Waals surface area contributed by atoms with Crippen LogP contribution in [0.5, 0.6) is 5.75 Å². The molecule has 1 unspecified atom stereocenters. The van der Waals surface area contributed by atoms with Gasteiger partial charge in [-0.3, -0.25) is 4.79 Å². The quantitative estimate of drug-likeness (QED) is 0.843. The molecule has 2 aromatic rings. The maximum atomic E-state index is 13.9. The first kappa shape index (κ1) is 16.0. The minimum absolute atomic E-state index is 0.123. The van der Waals surface area contributed by atoms with E-state index in [0.717, 1.165) is 0 Å². The highest BCUT2D eigenvalue weighted by atomic mass is 19.1. The van der Waals surface area contributed by atoms with Crippen LogP contribution in [0.25, 0.3) is 0 Å². The molecule has 2 aliphatic rings. The Morgan fingerprint density at radius 3 is 2.96 bits per heavy atom. The third-order valence-corrected chi connectivity index (χ3v) is 4.70. The molecule has 1 saturated heterocycles. The summed E-state index contributed by atoms with van der Waals surface area (Å²) in [6, 6.07) is 4.35. The number of halogens is 1. The van der Waals surface area contributed by atoms with E-state index in [1.54, 1.807) is 31.1 Å². The molecule has 0 radical (unpaired) electrons. The van der Waals surface area contributed by atoms with Crippen LogP contribution in [0.3, 0.4) is 0 Å². The van der Waals surface area contributed by atoms with Crippen LogP contribution in [0, 0.1) is 12.7 Å². The van der Waals surface area contributed by atoms with Crippen molar-refractivity contribution < 1.29 is 23.2 Å². The van der Waals surface area contributed by atoms with Crippen molar-refractivity contribution in [2.75, 3.05) is 13.7 Å². The van der Waals surface area contributed by atoms with Gasteiger partial charge in [-0.2, -0.15) is 4.98 Å². The Morgan fingerprint density at radius 1 is 1.44 bits per heavy atom. The minimum atomic E-state index is -0.756. The van der Waals surface area contributed by atoms with Crippen LogP contribution in [-0.2, 0) is 16.0 Å². The number of nitrogens with zero attached hydrogens (tertiary/aromatic N) is 3. The number of benzene rings is 1. The van der Waals surface area contributed by atoms with E-state index in [-0.39, 0.29) is 23.8 Å². The minimum Gasteiger partial charge on any atom is -0.477 e. The predicted molar refractivity (Wildman–Crippen MR) is 83.4 cm³/mol. The molecule has 3 heterocycles. The first-order chi connectivity index (χ1) is 12.1. The van der Waals surface area contributed by atoms with Crippen molar-refractivity contribution in [1.29, 1.82) is 0 Å². The third-order valence-electron chi connectivity index (χ3n) is 4.70. The molecule has 0 N–H and O–H groups in total. The zero-order chi connectivity index (χ0) is 17.6. The predicted octanol–water partition coefficient (Wildman–Crippen LogP) is 1.81. The van der Waals surface area contributed by atoms with Gasteiger partial charge in [0.15, 0.2) is 23.5 Å². The van der Waals surface area contributed by atoms with Gasteiger partial charge in [-0.25, -0.2) is 4.39 Å². The molecule has 1 amide bonds. The first-order valence-corrected chi connectivity index (χ1v) is 8.14. The van der Waals surface area contributed by atoms with Gasteiger partial charge in [-0.05, 0) is 13.0 Å². The molecule has 25 heavy (non-hydrogen) atoms. The summed E-state index contributed by atoms with van der Waals surface area (Å²) in [5, 5.41) is 3.80. The molecular weight excluding hydrogens is 329 g/mol. The van der Waals surface area contributed by atoms with E-state index in [2.05, 4.69) is 10.1 Å². The van der Waals surface area contributed by atoms with Gasteiger partial charge >= 0.3 is 0 Å². The number of ether oxygens (including phenoxy) is 2. The highest BCUT2D eigenvalue weighted by Crippen LogP contribution is 2.36. The summed E-state index contributed by atoms with van der Waals surface area (Å²) < 4.78 is 30.1. The molecule has 3 atom stereocenters. The number of aryl methyl sites for hydroxylation is 1. The Hall–Kier alpha value is -2.48. The van der Waals surface area contributed by atoms with Crippen molar-refractivity contribution in [3.63, 3.8) is 0 Å². The molecule has 0 bridgehead atoms. The molecular formula is C17H18FN3O4. The van der Waals surface area contributed by atoms with E-state index >= 15 is 0 Å². The standard InChI is InChI=1S/C17H18FN3O4/c1-9-19-16(25-20-9)13-7-11(23-2)8-21(13)17(22)14-6-10-4-3-5-12(18)15(10)24-14/h3-5,11,13-14H,6-8H2,1-2H3/t11-,13+,14?/m0/s1. The lowest BCUT2D eigenvalue weighted by atomic mass is 10.1. The summed E-state index contributed by atoms with van der Waals surface area (Å²) in [5.74, 6) is 0.375. The monoisotopic (exact) mass is 347 g/mol. The molecule has 4 rings (SSSR count). The number of fused-ring (bicyclic) bond motifs is 1. The summed E-state index contributed by atoms with van der Waals surface area (Å²) >= 11 is 0. The number of methoxy groups -OCH3 is 1. The maximum Gasteiger partial charge on any atom is 0.264 e. The Labute approximate surface area is 143 Å². The van der Waals surface area contributed by atoms with Crippen molar-refractivity contribution in [3.8, 4) is 5.75 Å². The summed E-state index contributed by atoms with van der Waals surface area (Å²) in [4.78, 5) is 18.9. The van der Waals surface area contributed by atoms with Crippen molar-refractivity contribution in [2.24, 2.45) is 0 Å². The van der Waals surface area contributed by atoms with Gasteiger partial charge in [0.05, 0.1) is 6.10 Å². The Balaban J connectivity index is 1.57. The SMILES string of the molecule is CO[C@H]1C[C@H](c2nc(C)no2)N(C(=O)C2Cc3cccc(F)c3O2)C1. The second-order valence-corrected chi connectivity index (χ2v) is 6.32. The number of rotatable bonds is 3. The van der Waals surface area contributed by atoms with Gasteiger partial charge in [0.2, 0.25) is 5.89 Å². The van der Waals surface area contributed by atoms with E-state index in [9.17, 15) is 9.18 Å². The topological polar surface area (TPSA) is 77.7 Å². The van der Waals surface area contributed by atoms with E-state index < -0.39 is 11.9 Å². The van der Waals surface area contributed by atoms with Crippen LogP contribution in [0.1, 0.15) is 29.7 Å². The number of hydrogen-bond donors (Lipinski definition) is 0. The van der Waals surface area contributed by atoms with Gasteiger partial charge in [-0.1, -0.05) is 17.3 Å². The molecule has 7 nitrogen and oxygen atoms in total. The van der Waals surface area contributed by atoms with Crippen LogP contribution in [0.2, 0.25) is 0 Å². The molecule has 2 aliphatic heterocycles. The lowest BCUT2D eigenvalue weighted by molar-refractivity contribution is -0.139. The van der Waals surface area contributed by atoms with Gasteiger partial charge in [-0.15, -0.1) is 0 Å². The average molecular weight is 347 g/mol. The second-order valence-electron chi connectivity index (χ2n) is 6.32. The Bertz CT molecular complexity index is 809. The van der Waals surface area contributed by atoms with Gasteiger partial charge in [0.25, 0.3) is 5.91 Å². The molecule has 1 aromatic heterocycles. The van der Waals surface area contributed by atoms with Crippen LogP contribution in [-0.4, -0.2) is 46.8 Å². The lowest BCUT2D eigenvalue weighted by Gasteiger charge is -2.24. The van der Waals surface area contributed by atoms with E-state index in [0.29, 0.717) is 36.7 Å². The number of para-hydroxylation sites is 1. The van der Waals surface area contributed by atoms with Crippen LogP contribution >= 0.6 is 0 Å². The fraction of sp³-hybridized carbons (Fsp3) is 0.471. The van der Waals surface area contributed by atoms with Gasteiger partial charge < -0.3 is 18.9 Å². The molecule has 0 saturated carbocycles. The summed E-state index contributed by atoms with van der Waals surface area (Å²) in [7, 11) is 1.60. The Kier molecular flexibility index (Phi) is 3.91. The number of aromatic nitrogens is 2. The number of carbonyl (C=O) groups is 1. The fourth-order valence-electron chi connectivity index (χ4n) is 3.45. The third kappa shape index (κ3) is 2.76. The van der Waals surface area contributed by atoms with Crippen LogP contribution < -0.4 is 4.74 Å².